The second-order valence-corrected chi connectivity index (χ2v) is 9.21. The Morgan fingerprint density at radius 2 is 1.48 bits per heavy atom. The highest BCUT2D eigenvalue weighted by molar-refractivity contribution is 7.12. The third-order valence-electron chi connectivity index (χ3n) is 5.33. The van der Waals surface area contributed by atoms with Crippen molar-refractivity contribution >= 4 is 17.2 Å². The second kappa shape index (κ2) is 10.8. The fraction of sp³-hybridized carbons (Fsp3) is 0.172. The van der Waals surface area contributed by atoms with Crippen LogP contribution in [0.15, 0.2) is 97.2 Å². The van der Waals surface area contributed by atoms with Gasteiger partial charge in [-0.15, -0.1) is 11.3 Å². The lowest BCUT2D eigenvalue weighted by atomic mass is 10.0. The summed E-state index contributed by atoms with van der Waals surface area (Å²) in [7, 11) is 0. The third-order valence-corrected chi connectivity index (χ3v) is 6.31. The first-order valence-electron chi connectivity index (χ1n) is 11.0. The summed E-state index contributed by atoms with van der Waals surface area (Å²) in [4.78, 5) is 21.2. The summed E-state index contributed by atoms with van der Waals surface area (Å²) in [5.41, 5.74) is 2.74. The molecule has 0 spiro atoms. The Kier molecular flexibility index (Phi) is 7.34. The van der Waals surface area contributed by atoms with E-state index in [2.05, 4.69) is 37.8 Å². The number of rotatable bonds is 6. The SMILES string of the molecule is CC(C)C(c1ncc(C#Cc2ccccc2)s1)N(Cc1ccccc1)C(=O)c1ccccc1. The van der Waals surface area contributed by atoms with Crippen molar-refractivity contribution in [3.63, 3.8) is 0 Å². The van der Waals surface area contributed by atoms with Gasteiger partial charge >= 0.3 is 0 Å². The predicted octanol–water partition coefficient (Wildman–Crippen LogP) is 6.58. The Labute approximate surface area is 199 Å². The maximum Gasteiger partial charge on any atom is 0.254 e. The van der Waals surface area contributed by atoms with E-state index in [1.165, 1.54) is 0 Å². The molecule has 1 heterocycles. The van der Waals surface area contributed by atoms with E-state index in [1.807, 2.05) is 90.0 Å². The molecule has 4 aromatic rings. The maximum absolute atomic E-state index is 13.7. The quantitative estimate of drug-likeness (QED) is 0.311. The zero-order valence-corrected chi connectivity index (χ0v) is 19.6. The molecule has 1 unspecified atom stereocenters. The zero-order valence-electron chi connectivity index (χ0n) is 18.8. The zero-order chi connectivity index (χ0) is 23.0. The number of hydrogen-bond donors (Lipinski definition) is 0. The van der Waals surface area contributed by atoms with Crippen LogP contribution in [0.4, 0.5) is 0 Å². The average Bonchev–Trinajstić information content (AvgIpc) is 3.32. The van der Waals surface area contributed by atoms with Gasteiger partial charge in [-0.05, 0) is 41.7 Å². The van der Waals surface area contributed by atoms with Crippen LogP contribution in [0, 0.1) is 17.8 Å². The van der Waals surface area contributed by atoms with E-state index >= 15 is 0 Å². The Balaban J connectivity index is 1.68. The molecule has 0 fully saturated rings. The number of carbonyl (C=O) groups is 1. The molecule has 164 valence electrons. The summed E-state index contributed by atoms with van der Waals surface area (Å²) in [6, 6.07) is 29.4. The number of aromatic nitrogens is 1. The lowest BCUT2D eigenvalue weighted by molar-refractivity contribution is 0.0601. The van der Waals surface area contributed by atoms with Gasteiger partial charge in [-0.2, -0.15) is 0 Å². The van der Waals surface area contributed by atoms with Crippen LogP contribution >= 0.6 is 11.3 Å². The second-order valence-electron chi connectivity index (χ2n) is 8.15. The Hall–Kier alpha value is -3.68. The molecule has 0 saturated carbocycles. The molecule has 0 saturated heterocycles. The summed E-state index contributed by atoms with van der Waals surface area (Å²) < 4.78 is 0. The molecule has 4 rings (SSSR count). The van der Waals surface area contributed by atoms with Gasteiger partial charge in [-0.1, -0.05) is 86.5 Å². The van der Waals surface area contributed by atoms with E-state index in [0.29, 0.717) is 12.1 Å². The van der Waals surface area contributed by atoms with Crippen molar-refractivity contribution in [2.75, 3.05) is 0 Å². The van der Waals surface area contributed by atoms with E-state index < -0.39 is 0 Å². The van der Waals surface area contributed by atoms with Gasteiger partial charge in [0.2, 0.25) is 0 Å². The largest absolute Gasteiger partial charge is 0.325 e. The molecule has 0 aliphatic heterocycles. The summed E-state index contributed by atoms with van der Waals surface area (Å²) in [5, 5.41) is 0.905. The van der Waals surface area contributed by atoms with Gasteiger partial charge in [-0.3, -0.25) is 4.79 Å². The molecule has 33 heavy (non-hydrogen) atoms. The smallest absolute Gasteiger partial charge is 0.254 e. The number of nitrogens with zero attached hydrogens (tertiary/aromatic N) is 2. The van der Waals surface area contributed by atoms with Crippen LogP contribution in [-0.4, -0.2) is 15.8 Å². The van der Waals surface area contributed by atoms with Gasteiger partial charge < -0.3 is 4.90 Å². The Morgan fingerprint density at radius 3 is 2.12 bits per heavy atom. The van der Waals surface area contributed by atoms with Crippen molar-refractivity contribution in [2.24, 2.45) is 5.92 Å². The number of amides is 1. The van der Waals surface area contributed by atoms with Crippen LogP contribution in [0.2, 0.25) is 0 Å². The summed E-state index contributed by atoms with van der Waals surface area (Å²) in [5.74, 6) is 6.61. The molecule has 0 bridgehead atoms. The molecular weight excluding hydrogens is 424 g/mol. The topological polar surface area (TPSA) is 33.2 Å². The first-order valence-corrected chi connectivity index (χ1v) is 11.9. The van der Waals surface area contributed by atoms with E-state index in [-0.39, 0.29) is 17.9 Å². The Morgan fingerprint density at radius 1 is 0.879 bits per heavy atom. The first-order chi connectivity index (χ1) is 16.1. The molecular formula is C29H26N2OS. The number of benzene rings is 3. The van der Waals surface area contributed by atoms with Crippen molar-refractivity contribution in [3.05, 3.63) is 124 Å². The highest BCUT2D eigenvalue weighted by atomic mass is 32.1. The van der Waals surface area contributed by atoms with Crippen LogP contribution < -0.4 is 0 Å². The van der Waals surface area contributed by atoms with Crippen LogP contribution in [-0.2, 0) is 6.54 Å². The minimum Gasteiger partial charge on any atom is -0.325 e. The van der Waals surface area contributed by atoms with Crippen molar-refractivity contribution in [1.29, 1.82) is 0 Å². The van der Waals surface area contributed by atoms with Crippen molar-refractivity contribution in [1.82, 2.24) is 9.88 Å². The van der Waals surface area contributed by atoms with E-state index in [1.54, 1.807) is 11.3 Å². The summed E-state index contributed by atoms with van der Waals surface area (Å²) in [6.07, 6.45) is 1.82. The molecule has 0 aliphatic carbocycles. The van der Waals surface area contributed by atoms with Gasteiger partial charge in [0.15, 0.2) is 0 Å². The van der Waals surface area contributed by atoms with E-state index in [4.69, 9.17) is 4.98 Å². The van der Waals surface area contributed by atoms with Gasteiger partial charge in [0.25, 0.3) is 5.91 Å². The minimum atomic E-state index is -0.157. The number of carbonyl (C=O) groups excluding carboxylic acids is 1. The molecule has 1 aromatic heterocycles. The minimum absolute atomic E-state index is 0.00488. The van der Waals surface area contributed by atoms with Crippen molar-refractivity contribution < 1.29 is 4.79 Å². The molecule has 3 aromatic carbocycles. The van der Waals surface area contributed by atoms with Gasteiger partial charge in [0.1, 0.15) is 5.01 Å². The molecule has 0 N–H and O–H groups in total. The van der Waals surface area contributed by atoms with Crippen LogP contribution in [0.25, 0.3) is 0 Å². The lowest BCUT2D eigenvalue weighted by Gasteiger charge is -2.33. The van der Waals surface area contributed by atoms with Crippen molar-refractivity contribution in [2.45, 2.75) is 26.4 Å². The van der Waals surface area contributed by atoms with Gasteiger partial charge in [0, 0.05) is 17.7 Å². The van der Waals surface area contributed by atoms with Crippen LogP contribution in [0.5, 0.6) is 0 Å². The van der Waals surface area contributed by atoms with E-state index in [0.717, 1.165) is 21.0 Å². The fourth-order valence-corrected chi connectivity index (χ4v) is 4.80. The molecule has 0 radical (unpaired) electrons. The molecule has 3 nitrogen and oxygen atoms in total. The van der Waals surface area contributed by atoms with Crippen molar-refractivity contribution in [3.8, 4) is 11.8 Å². The average molecular weight is 451 g/mol. The summed E-state index contributed by atoms with van der Waals surface area (Å²) in [6.45, 7) is 4.79. The predicted molar refractivity (Wildman–Crippen MR) is 135 cm³/mol. The van der Waals surface area contributed by atoms with Crippen LogP contribution in [0.3, 0.4) is 0 Å². The highest BCUT2D eigenvalue weighted by Crippen LogP contribution is 2.34. The summed E-state index contributed by atoms with van der Waals surface area (Å²) >= 11 is 1.56. The molecule has 1 atom stereocenters. The highest BCUT2D eigenvalue weighted by Gasteiger charge is 2.31. The molecule has 1 amide bonds. The monoisotopic (exact) mass is 450 g/mol. The number of hydrogen-bond acceptors (Lipinski definition) is 3. The Bertz CT molecular complexity index is 1240. The van der Waals surface area contributed by atoms with Crippen LogP contribution in [0.1, 0.15) is 51.3 Å². The third kappa shape index (κ3) is 5.77. The maximum atomic E-state index is 13.7. The fourth-order valence-electron chi connectivity index (χ4n) is 3.74. The first kappa shape index (κ1) is 22.5. The molecule has 0 aliphatic rings. The lowest BCUT2D eigenvalue weighted by Crippen LogP contribution is -2.37. The standard InChI is InChI=1S/C29H26N2OS/c1-22(2)27(28-30-20-26(33-28)19-18-23-12-6-3-7-13-23)31(21-24-14-8-4-9-15-24)29(32)25-16-10-5-11-17-25/h3-17,20,22,27H,21H2,1-2H3. The van der Waals surface area contributed by atoms with Gasteiger partial charge in [0.05, 0.1) is 17.1 Å². The normalized spacial score (nSPS) is 11.5. The van der Waals surface area contributed by atoms with E-state index in [9.17, 15) is 4.79 Å². The number of thiazole rings is 1. The van der Waals surface area contributed by atoms with Gasteiger partial charge in [-0.25, -0.2) is 4.98 Å². The molecule has 4 heteroatoms.